The average molecular weight is 339 g/mol. The molecule has 2 aromatic rings. The Morgan fingerprint density at radius 3 is 2.84 bits per heavy atom. The van der Waals surface area contributed by atoms with E-state index in [0.717, 1.165) is 19.5 Å². The number of amides is 1. The van der Waals surface area contributed by atoms with Crippen molar-refractivity contribution in [3.63, 3.8) is 0 Å². The van der Waals surface area contributed by atoms with E-state index in [1.807, 2.05) is 30.4 Å². The van der Waals surface area contributed by atoms with E-state index in [2.05, 4.69) is 21.5 Å². The van der Waals surface area contributed by atoms with Crippen LogP contribution in [0.25, 0.3) is 5.52 Å². The summed E-state index contributed by atoms with van der Waals surface area (Å²) in [5.41, 5.74) is 2.12. The number of carbonyl (C=O) groups excluding carboxylic acids is 1. The Morgan fingerprint density at radius 1 is 1.28 bits per heavy atom. The highest BCUT2D eigenvalue weighted by atomic mass is 16.3. The lowest BCUT2D eigenvalue weighted by atomic mass is 9.69. The van der Waals surface area contributed by atoms with Gasteiger partial charge in [-0.05, 0) is 51.2 Å². The van der Waals surface area contributed by atoms with Crippen molar-refractivity contribution < 1.29 is 9.90 Å². The van der Waals surface area contributed by atoms with Crippen molar-refractivity contribution in [2.45, 2.75) is 50.5 Å². The number of rotatable bonds is 2. The highest BCUT2D eigenvalue weighted by Gasteiger charge is 2.53. The summed E-state index contributed by atoms with van der Waals surface area (Å²) in [5.74, 6) is 0.809. The van der Waals surface area contributed by atoms with Gasteiger partial charge in [0.1, 0.15) is 0 Å². The quantitative estimate of drug-likeness (QED) is 0.915. The van der Waals surface area contributed by atoms with Crippen molar-refractivity contribution in [2.75, 3.05) is 13.1 Å². The minimum Gasteiger partial charge on any atom is -0.390 e. The van der Waals surface area contributed by atoms with Crippen molar-refractivity contribution in [1.82, 2.24) is 14.3 Å². The molecule has 1 saturated heterocycles. The first-order valence-electron chi connectivity index (χ1n) is 9.38. The molecular formula is C20H25N3O2. The Balaban J connectivity index is 1.24. The Labute approximate surface area is 147 Å². The molecule has 2 saturated carbocycles. The Bertz CT molecular complexity index is 826. The van der Waals surface area contributed by atoms with Gasteiger partial charge in [-0.2, -0.15) is 0 Å². The van der Waals surface area contributed by atoms with Gasteiger partial charge in [0.25, 0.3) is 0 Å². The summed E-state index contributed by atoms with van der Waals surface area (Å²) in [6, 6.07) is 6.25. The Kier molecular flexibility index (Phi) is 3.12. The summed E-state index contributed by atoms with van der Waals surface area (Å²) in [7, 11) is 0. The molecule has 1 atom stereocenters. The van der Waals surface area contributed by atoms with Gasteiger partial charge >= 0.3 is 0 Å². The molecule has 3 fully saturated rings. The van der Waals surface area contributed by atoms with Gasteiger partial charge in [0.2, 0.25) is 5.91 Å². The van der Waals surface area contributed by atoms with E-state index >= 15 is 0 Å². The number of nitrogens with zero attached hydrogens (tertiary/aromatic N) is 3. The molecule has 5 rings (SSSR count). The topological polar surface area (TPSA) is 57.8 Å². The van der Waals surface area contributed by atoms with Crippen LogP contribution in [0.4, 0.5) is 0 Å². The zero-order chi connectivity index (χ0) is 17.2. The number of hydrogen-bond donors (Lipinski definition) is 1. The molecule has 0 radical (unpaired) electrons. The number of hydrogen-bond acceptors (Lipinski definition) is 3. The molecule has 5 heteroatoms. The first kappa shape index (κ1) is 15.4. The summed E-state index contributed by atoms with van der Waals surface area (Å²) in [6.07, 6.45) is 8.71. The predicted molar refractivity (Wildman–Crippen MR) is 94.1 cm³/mol. The van der Waals surface area contributed by atoms with E-state index in [-0.39, 0.29) is 11.8 Å². The van der Waals surface area contributed by atoms with Crippen molar-refractivity contribution in [1.29, 1.82) is 0 Å². The lowest BCUT2D eigenvalue weighted by Crippen LogP contribution is -2.61. The zero-order valence-electron chi connectivity index (χ0n) is 14.7. The monoisotopic (exact) mass is 339 g/mol. The fourth-order valence-corrected chi connectivity index (χ4v) is 5.36. The van der Waals surface area contributed by atoms with E-state index in [1.165, 1.54) is 24.1 Å². The third-order valence-corrected chi connectivity index (χ3v) is 6.65. The maximum atomic E-state index is 12.5. The number of pyridine rings is 1. The standard InChI is InChI=1S/C20H25N3O2/c1-19(25)8-15(9-19)18(24)23-11-20(12-23)6-5-14(10-20)17-16-4-2-3-7-22(16)13-21-17/h2-4,7,13-15,25H,5-6,8-12H2,1H3. The van der Waals surface area contributed by atoms with Crippen LogP contribution >= 0.6 is 0 Å². The molecule has 2 aliphatic carbocycles. The molecule has 1 N–H and O–H groups in total. The van der Waals surface area contributed by atoms with E-state index < -0.39 is 5.60 Å². The third-order valence-electron chi connectivity index (χ3n) is 6.65. The molecule has 1 spiro atoms. The van der Waals surface area contributed by atoms with Gasteiger partial charge < -0.3 is 14.4 Å². The van der Waals surface area contributed by atoms with Crippen LogP contribution in [0, 0.1) is 11.3 Å². The van der Waals surface area contributed by atoms with Crippen LogP contribution in [-0.4, -0.2) is 44.0 Å². The number of fused-ring (bicyclic) bond motifs is 1. The fraction of sp³-hybridized carbons (Fsp3) is 0.600. The molecule has 0 aromatic carbocycles. The summed E-state index contributed by atoms with van der Waals surface area (Å²) in [6.45, 7) is 3.62. The highest BCUT2D eigenvalue weighted by Crippen LogP contribution is 2.53. The SMILES string of the molecule is CC1(O)CC(C(=O)N2CC3(CCC(c4ncn5ccccc45)C3)C2)C1. The van der Waals surface area contributed by atoms with Crippen LogP contribution in [0.5, 0.6) is 0 Å². The number of aromatic nitrogens is 2. The van der Waals surface area contributed by atoms with Crippen LogP contribution in [0.1, 0.15) is 50.6 Å². The normalized spacial score (nSPS) is 33.4. The van der Waals surface area contributed by atoms with Crippen molar-refractivity contribution in [3.8, 4) is 0 Å². The van der Waals surface area contributed by atoms with Crippen LogP contribution in [0.15, 0.2) is 30.7 Å². The smallest absolute Gasteiger partial charge is 0.225 e. The lowest BCUT2D eigenvalue weighted by molar-refractivity contribution is -0.161. The molecule has 1 unspecified atom stereocenters. The molecule has 0 bridgehead atoms. The summed E-state index contributed by atoms with van der Waals surface area (Å²) < 4.78 is 2.10. The van der Waals surface area contributed by atoms with Crippen LogP contribution in [0.2, 0.25) is 0 Å². The largest absolute Gasteiger partial charge is 0.390 e. The minimum atomic E-state index is -0.622. The summed E-state index contributed by atoms with van der Waals surface area (Å²) in [5, 5.41) is 9.86. The number of likely N-dealkylation sites (tertiary alicyclic amines) is 1. The third kappa shape index (κ3) is 2.40. The summed E-state index contributed by atoms with van der Waals surface area (Å²) >= 11 is 0. The molecule has 132 valence electrons. The van der Waals surface area contributed by atoms with E-state index in [4.69, 9.17) is 0 Å². The van der Waals surface area contributed by atoms with Gasteiger partial charge in [0.05, 0.1) is 23.1 Å². The molecule has 25 heavy (non-hydrogen) atoms. The molecule has 3 aliphatic rings. The lowest BCUT2D eigenvalue weighted by Gasteiger charge is -2.52. The minimum absolute atomic E-state index is 0.0432. The molecule has 3 heterocycles. The number of aliphatic hydroxyl groups is 1. The number of imidazole rings is 1. The van der Waals surface area contributed by atoms with E-state index in [1.54, 1.807) is 0 Å². The molecule has 5 nitrogen and oxygen atoms in total. The Morgan fingerprint density at radius 2 is 2.08 bits per heavy atom. The van der Waals surface area contributed by atoms with Gasteiger partial charge in [-0.1, -0.05) is 6.07 Å². The van der Waals surface area contributed by atoms with Crippen LogP contribution in [0.3, 0.4) is 0 Å². The van der Waals surface area contributed by atoms with Gasteiger partial charge in [-0.25, -0.2) is 4.98 Å². The molecule has 2 aromatic heterocycles. The molecule has 1 amide bonds. The van der Waals surface area contributed by atoms with Crippen molar-refractivity contribution in [2.24, 2.45) is 11.3 Å². The van der Waals surface area contributed by atoms with Gasteiger partial charge in [0.15, 0.2) is 0 Å². The second kappa shape index (κ2) is 5.07. The van der Waals surface area contributed by atoms with Crippen LogP contribution in [-0.2, 0) is 4.79 Å². The summed E-state index contributed by atoms with van der Waals surface area (Å²) in [4.78, 5) is 19.2. The van der Waals surface area contributed by atoms with E-state index in [9.17, 15) is 9.90 Å². The first-order valence-corrected chi connectivity index (χ1v) is 9.38. The Hall–Kier alpha value is -1.88. The van der Waals surface area contributed by atoms with Gasteiger partial charge in [-0.3, -0.25) is 4.79 Å². The second-order valence-electron chi connectivity index (χ2n) is 8.86. The number of carbonyl (C=O) groups is 1. The van der Waals surface area contributed by atoms with Crippen molar-refractivity contribution >= 4 is 11.4 Å². The van der Waals surface area contributed by atoms with Gasteiger partial charge in [0, 0.05) is 36.5 Å². The average Bonchev–Trinajstić information content (AvgIpc) is 3.14. The highest BCUT2D eigenvalue weighted by molar-refractivity contribution is 5.81. The fourth-order valence-electron chi connectivity index (χ4n) is 5.36. The van der Waals surface area contributed by atoms with Crippen molar-refractivity contribution in [3.05, 3.63) is 36.4 Å². The zero-order valence-corrected chi connectivity index (χ0v) is 14.7. The second-order valence-corrected chi connectivity index (χ2v) is 8.86. The maximum absolute atomic E-state index is 12.5. The maximum Gasteiger partial charge on any atom is 0.225 e. The van der Waals surface area contributed by atoms with Crippen LogP contribution < -0.4 is 0 Å². The molecular weight excluding hydrogens is 314 g/mol. The van der Waals surface area contributed by atoms with E-state index in [0.29, 0.717) is 24.2 Å². The predicted octanol–water partition coefficient (Wildman–Crippen LogP) is 2.59. The van der Waals surface area contributed by atoms with Gasteiger partial charge in [-0.15, -0.1) is 0 Å². The first-order chi connectivity index (χ1) is 11.9. The molecule has 1 aliphatic heterocycles.